The van der Waals surface area contributed by atoms with E-state index in [1.807, 2.05) is 92.9 Å². The normalized spacial score (nSPS) is 12.0. The number of Topliss-reactive ketones (excluding diaryl/α,β-unsaturated/α-hetero) is 1. The third-order valence-corrected chi connectivity index (χ3v) is 10.8. The van der Waals surface area contributed by atoms with Crippen molar-refractivity contribution in [3.05, 3.63) is 112 Å². The number of aliphatic hydroxyl groups is 3. The van der Waals surface area contributed by atoms with Crippen molar-refractivity contribution in [3.63, 3.8) is 0 Å². The van der Waals surface area contributed by atoms with Crippen LogP contribution in [0.15, 0.2) is 92.9 Å². The Bertz CT molecular complexity index is 1230. The summed E-state index contributed by atoms with van der Waals surface area (Å²) < 4.78 is 0. The molecule has 0 saturated carbocycles. The Labute approximate surface area is 310 Å². The van der Waals surface area contributed by atoms with Crippen LogP contribution >= 0.6 is 91.5 Å². The van der Waals surface area contributed by atoms with Crippen molar-refractivity contribution in [3.8, 4) is 0 Å². The Morgan fingerprint density at radius 1 is 0.630 bits per heavy atom. The number of carbonyl (C=O) groups excluding carboxylic acids is 1. The number of hydrogen-bond donors (Lipinski definition) is 3. The van der Waals surface area contributed by atoms with Crippen LogP contribution in [-0.2, 0) is 0 Å². The lowest BCUT2D eigenvalue weighted by Crippen LogP contribution is -1.95. The molecule has 3 atom stereocenters. The van der Waals surface area contributed by atoms with E-state index in [4.69, 9.17) is 34.8 Å². The van der Waals surface area contributed by atoms with Gasteiger partial charge in [0.15, 0.2) is 5.78 Å². The molecule has 3 N–H and O–H groups in total. The van der Waals surface area contributed by atoms with E-state index in [1.165, 1.54) is 11.3 Å². The summed E-state index contributed by atoms with van der Waals surface area (Å²) in [7, 11) is 0. The van der Waals surface area contributed by atoms with E-state index in [9.17, 15) is 20.1 Å². The van der Waals surface area contributed by atoms with Crippen molar-refractivity contribution < 1.29 is 21.5 Å². The first-order chi connectivity index (χ1) is 22.4. The van der Waals surface area contributed by atoms with Crippen LogP contribution in [0.4, 0.5) is 0 Å². The van der Waals surface area contributed by atoms with Gasteiger partial charge in [-0.3, -0.25) is 4.79 Å². The highest BCUT2D eigenvalue weighted by molar-refractivity contribution is 7.12. The zero-order valence-electron chi connectivity index (χ0n) is 25.8. The van der Waals surface area contributed by atoms with Gasteiger partial charge in [0.05, 0.1) is 23.2 Å². The molecule has 5 heterocycles. The van der Waals surface area contributed by atoms with Crippen LogP contribution in [-0.4, -0.2) is 38.7 Å². The molecule has 5 aromatic heterocycles. The van der Waals surface area contributed by atoms with Crippen molar-refractivity contribution in [1.29, 1.82) is 0 Å². The highest BCUT2D eigenvalue weighted by Crippen LogP contribution is 2.24. The first kappa shape index (κ1) is 42.9. The number of unbranched alkanes of at least 4 members (excludes halogenated alkanes) is 1. The van der Waals surface area contributed by atoms with E-state index in [1.54, 1.807) is 45.3 Å². The number of hydrogen-bond acceptors (Lipinski definition) is 9. The Balaban J connectivity index is 0.000000568. The lowest BCUT2D eigenvalue weighted by Gasteiger charge is -2.05. The van der Waals surface area contributed by atoms with Gasteiger partial charge >= 0.3 is 0 Å². The fourth-order valence-corrected chi connectivity index (χ4v) is 7.32. The van der Waals surface area contributed by atoms with E-state index >= 15 is 0 Å². The smallest absolute Gasteiger partial charge is 0.173 e. The van der Waals surface area contributed by atoms with Crippen LogP contribution in [0.25, 0.3) is 0 Å². The SMILES string of the molecule is CCCC[C@H](O)c1cccs1.O=C(CCCl)c1cccs1.OC(CCCl)c1cccs1.O[C@@H](CCCl)c1cccs1.[HH].c1ccsc1. The molecule has 0 radical (unpaired) electrons. The van der Waals surface area contributed by atoms with Crippen molar-refractivity contribution >= 4 is 97.3 Å². The zero-order chi connectivity index (χ0) is 33.8. The Morgan fingerprint density at radius 3 is 1.37 bits per heavy atom. The molecule has 0 aliphatic heterocycles. The third kappa shape index (κ3) is 20.3. The van der Waals surface area contributed by atoms with Gasteiger partial charge in [-0.2, -0.15) is 11.3 Å². The van der Waals surface area contributed by atoms with Crippen LogP contribution in [0.5, 0.6) is 0 Å². The molecule has 46 heavy (non-hydrogen) atoms. The van der Waals surface area contributed by atoms with Crippen LogP contribution < -0.4 is 0 Å². The van der Waals surface area contributed by atoms with Gasteiger partial charge in [-0.15, -0.1) is 80.1 Å². The maximum atomic E-state index is 11.0. The molecule has 0 bridgehead atoms. The van der Waals surface area contributed by atoms with Gasteiger partial charge < -0.3 is 15.3 Å². The molecule has 0 aliphatic carbocycles. The summed E-state index contributed by atoms with van der Waals surface area (Å²) in [5.74, 6) is 1.58. The minimum atomic E-state index is -0.363. The van der Waals surface area contributed by atoms with Gasteiger partial charge in [0.25, 0.3) is 0 Å². The number of aliphatic hydroxyl groups excluding tert-OH is 3. The third-order valence-electron chi connectivity index (χ3n) is 5.75. The number of rotatable bonds is 13. The highest BCUT2D eigenvalue weighted by atomic mass is 35.5. The van der Waals surface area contributed by atoms with Gasteiger partial charge in [0, 0.05) is 40.1 Å². The number of thiophene rings is 5. The number of alkyl halides is 3. The van der Waals surface area contributed by atoms with Gasteiger partial charge in [0.2, 0.25) is 0 Å². The van der Waals surface area contributed by atoms with E-state index in [-0.39, 0.29) is 25.5 Å². The highest BCUT2D eigenvalue weighted by Gasteiger charge is 2.08. The maximum absolute atomic E-state index is 11.0. The molecule has 5 rings (SSSR count). The Kier molecular flexibility index (Phi) is 27.0. The summed E-state index contributed by atoms with van der Waals surface area (Å²) in [5.41, 5.74) is 0. The van der Waals surface area contributed by atoms with Crippen LogP contribution in [0.3, 0.4) is 0 Å². The van der Waals surface area contributed by atoms with E-state index in [2.05, 4.69) is 6.92 Å². The molecule has 0 spiro atoms. The lowest BCUT2D eigenvalue weighted by molar-refractivity contribution is 0.0993. The second-order valence-corrected chi connectivity index (χ2v) is 15.2. The predicted molar refractivity (Wildman–Crippen MR) is 208 cm³/mol. The summed E-state index contributed by atoms with van der Waals surface area (Å²) in [6.07, 6.45) is 3.94. The molecule has 0 aromatic carbocycles. The average Bonchev–Trinajstić information content (AvgIpc) is 3.93. The van der Waals surface area contributed by atoms with E-state index in [0.29, 0.717) is 36.9 Å². The number of ketones is 1. The largest absolute Gasteiger partial charge is 0.388 e. The second kappa shape index (κ2) is 28.9. The minimum Gasteiger partial charge on any atom is -0.388 e. The molecule has 4 nitrogen and oxygen atoms in total. The van der Waals surface area contributed by atoms with Gasteiger partial charge in [-0.1, -0.05) is 56.2 Å². The Morgan fingerprint density at radius 2 is 1.07 bits per heavy atom. The summed E-state index contributed by atoms with van der Waals surface area (Å²) in [4.78, 5) is 14.9. The second-order valence-electron chi connectivity index (χ2n) is 9.32. The summed E-state index contributed by atoms with van der Waals surface area (Å²) >= 11 is 24.2. The summed E-state index contributed by atoms with van der Waals surface area (Å²) in [6, 6.07) is 19.4. The van der Waals surface area contributed by atoms with Gasteiger partial charge in [-0.25, -0.2) is 0 Å². The molecular formula is C34H45Cl3O4S5. The van der Waals surface area contributed by atoms with Crippen molar-refractivity contribution in [2.75, 3.05) is 17.6 Å². The van der Waals surface area contributed by atoms with Crippen molar-refractivity contribution in [2.24, 2.45) is 0 Å². The lowest BCUT2D eigenvalue weighted by atomic mass is 10.1. The molecule has 5 aromatic rings. The summed E-state index contributed by atoms with van der Waals surface area (Å²) in [6.45, 7) is 2.14. The Hall–Kier alpha value is -1.08. The molecule has 0 saturated heterocycles. The van der Waals surface area contributed by atoms with Crippen LogP contribution in [0.2, 0.25) is 0 Å². The van der Waals surface area contributed by atoms with E-state index in [0.717, 1.165) is 38.8 Å². The van der Waals surface area contributed by atoms with Gasteiger partial charge in [-0.05, 0) is 75.8 Å². The maximum Gasteiger partial charge on any atom is 0.173 e. The molecule has 1 unspecified atom stereocenters. The predicted octanol–water partition coefficient (Wildman–Crippen LogP) is 12.3. The van der Waals surface area contributed by atoms with Crippen molar-refractivity contribution in [2.45, 2.75) is 63.8 Å². The van der Waals surface area contributed by atoms with Crippen molar-refractivity contribution in [1.82, 2.24) is 0 Å². The molecule has 0 aliphatic rings. The fourth-order valence-electron chi connectivity index (χ4n) is 3.35. The first-order valence-electron chi connectivity index (χ1n) is 14.7. The average molecular weight is 784 g/mol. The van der Waals surface area contributed by atoms with Crippen LogP contribution in [0.1, 0.15) is 89.5 Å². The van der Waals surface area contributed by atoms with Gasteiger partial charge in [0.1, 0.15) is 0 Å². The molecule has 12 heteroatoms. The monoisotopic (exact) mass is 782 g/mol. The standard InChI is InChI=1S/C9H14OS.2C7H9ClOS.C7H7ClOS.C4H4S.H2/c1-2-3-5-8(10)9-6-4-7-11-9;3*8-4-3-6(9)7-2-1-5-10-7;1-2-4-5-3-1;/h4,6-8,10H,2-3,5H2,1H3;2*1-2,5-6,9H,3-4H2;1-2,5H,3-4H2;1-4H;1H/t8-;6-;;;;/m00..../s1. The quantitative estimate of drug-likeness (QED) is 0.0821. The number of carbonyl (C=O) groups is 1. The molecule has 0 amide bonds. The molecule has 0 fully saturated rings. The summed E-state index contributed by atoms with van der Waals surface area (Å²) in [5, 5.41) is 40.1. The minimum absolute atomic E-state index is 0. The zero-order valence-corrected chi connectivity index (χ0v) is 32.1. The fraction of sp³-hybridized carbons (Fsp3) is 0.382. The topological polar surface area (TPSA) is 77.8 Å². The van der Waals surface area contributed by atoms with Crippen LogP contribution in [0, 0.1) is 0 Å². The number of halogens is 3. The first-order valence-corrected chi connectivity index (χ1v) is 20.8. The molecule has 256 valence electrons. The van der Waals surface area contributed by atoms with E-state index < -0.39 is 0 Å². The molecular weight excluding hydrogens is 739 g/mol.